The Bertz CT molecular complexity index is 686. The molecule has 0 aliphatic rings. The van der Waals surface area contributed by atoms with E-state index in [2.05, 4.69) is 15.4 Å². The number of carbonyl (C=O) groups excluding carboxylic acids is 1. The molecule has 0 radical (unpaired) electrons. The molecule has 0 aliphatic carbocycles. The molecule has 0 saturated heterocycles. The maximum Gasteiger partial charge on any atom is 0.187 e. The number of rotatable bonds is 5. The molecule has 0 bridgehead atoms. The molecule has 5 nitrogen and oxygen atoms in total. The van der Waals surface area contributed by atoms with Crippen LogP contribution in [-0.2, 0) is 6.42 Å². The average molecular weight is 266 g/mol. The quantitative estimate of drug-likeness (QED) is 0.721. The summed E-state index contributed by atoms with van der Waals surface area (Å²) in [6.45, 7) is 0. The Labute approximate surface area is 116 Å². The predicted molar refractivity (Wildman–Crippen MR) is 74.8 cm³/mol. The Morgan fingerprint density at radius 1 is 1.10 bits per heavy atom. The zero-order valence-corrected chi connectivity index (χ0v) is 10.9. The van der Waals surface area contributed by atoms with Gasteiger partial charge in [-0.05, 0) is 24.1 Å². The first-order valence-electron chi connectivity index (χ1n) is 6.46. The number of hydrogen-bond acceptors (Lipinski definition) is 3. The van der Waals surface area contributed by atoms with Crippen LogP contribution in [0.1, 0.15) is 22.5 Å². The third-order valence-electron chi connectivity index (χ3n) is 3.14. The maximum atomic E-state index is 12.3. The van der Waals surface area contributed by atoms with E-state index in [1.807, 2.05) is 54.9 Å². The number of nitrogens with zero attached hydrogens (tertiary/aromatic N) is 3. The van der Waals surface area contributed by atoms with Crippen molar-refractivity contribution in [2.45, 2.75) is 12.8 Å². The van der Waals surface area contributed by atoms with Gasteiger partial charge in [0.05, 0.1) is 0 Å². The Balaban J connectivity index is 1.74. The molecule has 0 spiro atoms. The lowest BCUT2D eigenvalue weighted by atomic mass is 10.1. The number of ketones is 1. The lowest BCUT2D eigenvalue weighted by Crippen LogP contribution is -2.06. The van der Waals surface area contributed by atoms with Gasteiger partial charge in [0, 0.05) is 18.8 Å². The largest absolute Gasteiger partial charge is 0.307 e. The van der Waals surface area contributed by atoms with Gasteiger partial charge in [0.2, 0.25) is 0 Å². The normalized spacial score (nSPS) is 10.6. The number of Topliss-reactive ketones (excluding diaryl/α,β-unsaturated/α-hetero) is 1. The second-order valence-corrected chi connectivity index (χ2v) is 4.51. The van der Waals surface area contributed by atoms with Crippen LogP contribution in [0.2, 0.25) is 0 Å². The van der Waals surface area contributed by atoms with E-state index in [1.165, 1.54) is 0 Å². The monoisotopic (exact) mass is 266 g/mol. The third-order valence-corrected chi connectivity index (χ3v) is 3.14. The summed E-state index contributed by atoms with van der Waals surface area (Å²) in [4.78, 5) is 12.3. The summed E-state index contributed by atoms with van der Waals surface area (Å²) in [5, 5.41) is 10.4. The molecule has 0 amide bonds. The van der Waals surface area contributed by atoms with Crippen molar-refractivity contribution >= 4 is 5.78 Å². The van der Waals surface area contributed by atoms with Gasteiger partial charge in [0.1, 0.15) is 0 Å². The molecular formula is C15H14N4O. The number of benzene rings is 1. The molecular weight excluding hydrogens is 252 g/mol. The number of carbonyl (C=O) groups is 1. The Morgan fingerprint density at radius 2 is 1.85 bits per heavy atom. The lowest BCUT2D eigenvalue weighted by molar-refractivity contribution is 0.0978. The van der Waals surface area contributed by atoms with Gasteiger partial charge in [0.15, 0.2) is 17.3 Å². The summed E-state index contributed by atoms with van der Waals surface area (Å²) in [6, 6.07) is 13.7. The van der Waals surface area contributed by atoms with Crippen molar-refractivity contribution < 1.29 is 4.79 Å². The maximum absolute atomic E-state index is 12.3. The number of hydrogen-bond donors (Lipinski definition) is 1. The van der Waals surface area contributed by atoms with E-state index in [0.717, 1.165) is 5.56 Å². The molecule has 0 atom stereocenters. The molecule has 2 heterocycles. The van der Waals surface area contributed by atoms with Crippen molar-refractivity contribution in [3.05, 3.63) is 66.1 Å². The van der Waals surface area contributed by atoms with Crippen LogP contribution in [0.15, 0.2) is 54.9 Å². The molecule has 0 fully saturated rings. The molecule has 1 N–H and O–H groups in total. The van der Waals surface area contributed by atoms with Crippen LogP contribution in [0, 0.1) is 0 Å². The van der Waals surface area contributed by atoms with Gasteiger partial charge < -0.3 is 4.57 Å². The topological polar surface area (TPSA) is 63.6 Å². The molecule has 3 aromatic rings. The fraction of sp³-hybridized carbons (Fsp3) is 0.133. The molecule has 5 heteroatoms. The molecule has 3 rings (SSSR count). The van der Waals surface area contributed by atoms with E-state index in [4.69, 9.17) is 0 Å². The third kappa shape index (κ3) is 2.51. The minimum absolute atomic E-state index is 0.00805. The molecule has 0 unspecified atom stereocenters. The van der Waals surface area contributed by atoms with Crippen molar-refractivity contribution in [1.29, 1.82) is 0 Å². The number of H-pyrrole nitrogens is 1. The van der Waals surface area contributed by atoms with Gasteiger partial charge in [0.25, 0.3) is 0 Å². The summed E-state index contributed by atoms with van der Waals surface area (Å²) in [6.07, 6.45) is 4.83. The highest BCUT2D eigenvalue weighted by atomic mass is 16.1. The smallest absolute Gasteiger partial charge is 0.187 e. The minimum atomic E-state index is -0.00805. The summed E-state index contributed by atoms with van der Waals surface area (Å²) < 4.78 is 1.80. The molecule has 100 valence electrons. The van der Waals surface area contributed by atoms with E-state index in [9.17, 15) is 4.79 Å². The van der Waals surface area contributed by atoms with Crippen LogP contribution >= 0.6 is 0 Å². The SMILES string of the molecule is O=C(CCc1ccccc1)c1nn[nH]c1-n1cccc1. The number of nitrogens with one attached hydrogen (secondary N) is 1. The van der Waals surface area contributed by atoms with Crippen LogP contribution < -0.4 is 0 Å². The van der Waals surface area contributed by atoms with Gasteiger partial charge >= 0.3 is 0 Å². The molecule has 0 aliphatic heterocycles. The van der Waals surface area contributed by atoms with E-state index >= 15 is 0 Å². The van der Waals surface area contributed by atoms with Crippen LogP contribution in [0.3, 0.4) is 0 Å². The van der Waals surface area contributed by atoms with E-state index in [0.29, 0.717) is 24.4 Å². The summed E-state index contributed by atoms with van der Waals surface area (Å²) in [7, 11) is 0. The fourth-order valence-electron chi connectivity index (χ4n) is 2.10. The Morgan fingerprint density at radius 3 is 2.60 bits per heavy atom. The molecule has 0 saturated carbocycles. The highest BCUT2D eigenvalue weighted by Crippen LogP contribution is 2.12. The van der Waals surface area contributed by atoms with Gasteiger partial charge in [-0.2, -0.15) is 0 Å². The first-order chi connectivity index (χ1) is 9.84. The Kier molecular flexibility index (Phi) is 3.41. The number of aromatic amines is 1. The van der Waals surface area contributed by atoms with Crippen molar-refractivity contribution in [2.24, 2.45) is 0 Å². The highest BCUT2D eigenvalue weighted by Gasteiger charge is 2.16. The fourth-order valence-corrected chi connectivity index (χ4v) is 2.10. The Hall–Kier alpha value is -2.69. The number of aromatic nitrogens is 4. The van der Waals surface area contributed by atoms with Crippen LogP contribution in [0.25, 0.3) is 5.82 Å². The summed E-state index contributed by atoms with van der Waals surface area (Å²) in [5.74, 6) is 0.611. The van der Waals surface area contributed by atoms with Gasteiger partial charge in [-0.1, -0.05) is 35.5 Å². The molecule has 1 aromatic carbocycles. The minimum Gasteiger partial charge on any atom is -0.307 e. The molecule has 2 aromatic heterocycles. The lowest BCUT2D eigenvalue weighted by Gasteiger charge is -2.02. The standard InChI is InChI=1S/C15H14N4O/c20-13(9-8-12-6-2-1-3-7-12)14-15(17-18-16-14)19-10-4-5-11-19/h1-7,10-11H,8-9H2,(H,16,17,18). The summed E-state index contributed by atoms with van der Waals surface area (Å²) >= 11 is 0. The summed E-state index contributed by atoms with van der Waals surface area (Å²) in [5.41, 5.74) is 1.53. The van der Waals surface area contributed by atoms with Crippen LogP contribution in [-0.4, -0.2) is 25.8 Å². The van der Waals surface area contributed by atoms with E-state index < -0.39 is 0 Å². The first-order valence-corrected chi connectivity index (χ1v) is 6.46. The number of aryl methyl sites for hydroxylation is 1. The van der Waals surface area contributed by atoms with Crippen molar-refractivity contribution in [1.82, 2.24) is 20.0 Å². The highest BCUT2D eigenvalue weighted by molar-refractivity contribution is 5.96. The van der Waals surface area contributed by atoms with E-state index in [1.54, 1.807) is 4.57 Å². The zero-order chi connectivity index (χ0) is 13.8. The van der Waals surface area contributed by atoms with Crippen LogP contribution in [0.5, 0.6) is 0 Å². The second kappa shape index (κ2) is 5.52. The van der Waals surface area contributed by atoms with Gasteiger partial charge in [-0.15, -0.1) is 5.10 Å². The first kappa shape index (κ1) is 12.3. The van der Waals surface area contributed by atoms with E-state index in [-0.39, 0.29) is 5.78 Å². The van der Waals surface area contributed by atoms with Crippen molar-refractivity contribution in [3.8, 4) is 5.82 Å². The second-order valence-electron chi connectivity index (χ2n) is 4.51. The van der Waals surface area contributed by atoms with Crippen molar-refractivity contribution in [3.63, 3.8) is 0 Å². The van der Waals surface area contributed by atoms with Crippen molar-refractivity contribution in [2.75, 3.05) is 0 Å². The van der Waals surface area contributed by atoms with Crippen LogP contribution in [0.4, 0.5) is 0 Å². The predicted octanol–water partition coefficient (Wildman–Crippen LogP) is 2.41. The van der Waals surface area contributed by atoms with Gasteiger partial charge in [-0.25, -0.2) is 5.10 Å². The molecule has 20 heavy (non-hydrogen) atoms. The zero-order valence-electron chi connectivity index (χ0n) is 10.9. The van der Waals surface area contributed by atoms with Gasteiger partial charge in [-0.3, -0.25) is 4.79 Å². The average Bonchev–Trinajstić information content (AvgIpc) is 3.15.